The Hall–Kier alpha value is -0.120. The lowest BCUT2D eigenvalue weighted by Crippen LogP contribution is -2.46. The van der Waals surface area contributed by atoms with E-state index < -0.39 is 0 Å². The van der Waals surface area contributed by atoms with Crippen LogP contribution in [0.15, 0.2) is 0 Å². The second kappa shape index (κ2) is 8.04. The van der Waals surface area contributed by atoms with Crippen LogP contribution in [-0.4, -0.2) is 55.6 Å². The van der Waals surface area contributed by atoms with E-state index in [0.29, 0.717) is 18.0 Å². The molecule has 3 heteroatoms. The molecule has 0 rings (SSSR count). The van der Waals surface area contributed by atoms with Crippen LogP contribution in [0.25, 0.3) is 0 Å². The molecule has 98 valence electrons. The molecule has 0 bridgehead atoms. The summed E-state index contributed by atoms with van der Waals surface area (Å²) >= 11 is 0. The summed E-state index contributed by atoms with van der Waals surface area (Å²) in [6.45, 7) is 12.2. The van der Waals surface area contributed by atoms with Crippen molar-refractivity contribution in [3.63, 3.8) is 0 Å². The Morgan fingerprint density at radius 1 is 1.06 bits per heavy atom. The summed E-state index contributed by atoms with van der Waals surface area (Å²) in [6.07, 6.45) is 1.12. The lowest BCUT2D eigenvalue weighted by atomic mass is 10.0. The normalized spacial score (nSPS) is 16.1. The number of rotatable bonds is 8. The molecular weight excluding hydrogens is 198 g/mol. The maximum absolute atomic E-state index is 6.16. The van der Waals surface area contributed by atoms with Crippen LogP contribution in [0.4, 0.5) is 0 Å². The second-order valence-electron chi connectivity index (χ2n) is 5.59. The Bertz CT molecular complexity index is 169. The minimum Gasteiger partial charge on any atom is -0.327 e. The van der Waals surface area contributed by atoms with Gasteiger partial charge < -0.3 is 10.6 Å². The van der Waals surface area contributed by atoms with Crippen molar-refractivity contribution in [2.75, 3.05) is 33.7 Å². The van der Waals surface area contributed by atoms with E-state index in [0.717, 1.165) is 26.1 Å². The van der Waals surface area contributed by atoms with Gasteiger partial charge in [0, 0.05) is 25.2 Å². The number of hydrogen-bond acceptors (Lipinski definition) is 3. The second-order valence-corrected chi connectivity index (χ2v) is 5.59. The summed E-state index contributed by atoms with van der Waals surface area (Å²) in [7, 11) is 4.25. The molecule has 0 radical (unpaired) electrons. The molecule has 0 fully saturated rings. The first-order valence-electron chi connectivity index (χ1n) is 6.51. The largest absolute Gasteiger partial charge is 0.327 e. The van der Waals surface area contributed by atoms with Gasteiger partial charge in [0.25, 0.3) is 0 Å². The van der Waals surface area contributed by atoms with Crippen LogP contribution in [0.2, 0.25) is 0 Å². The smallest absolute Gasteiger partial charge is 0.0195 e. The molecule has 2 N–H and O–H groups in total. The van der Waals surface area contributed by atoms with Gasteiger partial charge in [-0.25, -0.2) is 0 Å². The van der Waals surface area contributed by atoms with Crippen molar-refractivity contribution >= 4 is 0 Å². The first-order valence-corrected chi connectivity index (χ1v) is 6.51. The van der Waals surface area contributed by atoms with Crippen molar-refractivity contribution in [3.05, 3.63) is 0 Å². The third kappa shape index (κ3) is 7.20. The van der Waals surface area contributed by atoms with Crippen molar-refractivity contribution in [1.29, 1.82) is 0 Å². The van der Waals surface area contributed by atoms with Crippen LogP contribution in [-0.2, 0) is 0 Å². The lowest BCUT2D eigenvalue weighted by Gasteiger charge is -2.32. The highest BCUT2D eigenvalue weighted by molar-refractivity contribution is 4.74. The topological polar surface area (TPSA) is 32.5 Å². The Balaban J connectivity index is 4.07. The number of likely N-dealkylation sites (N-methyl/N-ethyl adjacent to an activating group) is 2. The summed E-state index contributed by atoms with van der Waals surface area (Å²) in [5.41, 5.74) is 6.16. The molecule has 0 amide bonds. The van der Waals surface area contributed by atoms with Gasteiger partial charge in [0.1, 0.15) is 0 Å². The van der Waals surface area contributed by atoms with Gasteiger partial charge in [-0.3, -0.25) is 4.90 Å². The van der Waals surface area contributed by atoms with Gasteiger partial charge in [-0.05, 0) is 39.9 Å². The van der Waals surface area contributed by atoms with Gasteiger partial charge >= 0.3 is 0 Å². The maximum atomic E-state index is 6.16. The van der Waals surface area contributed by atoms with Gasteiger partial charge in [0.15, 0.2) is 0 Å². The Morgan fingerprint density at radius 3 is 2.00 bits per heavy atom. The van der Waals surface area contributed by atoms with Gasteiger partial charge in [0.2, 0.25) is 0 Å². The monoisotopic (exact) mass is 229 g/mol. The standard InChI is InChI=1S/C13H31N3/c1-7-16(12(4)9-15(5)6)10-13(14)8-11(2)3/h11-13H,7-10,14H2,1-6H3. The third-order valence-electron chi connectivity index (χ3n) is 2.90. The molecule has 0 saturated carbocycles. The molecular formula is C13H31N3. The first-order chi connectivity index (χ1) is 7.36. The summed E-state index contributed by atoms with van der Waals surface area (Å²) in [4.78, 5) is 4.72. The molecule has 0 aliphatic rings. The first kappa shape index (κ1) is 15.9. The number of hydrogen-bond donors (Lipinski definition) is 1. The minimum atomic E-state index is 0.310. The van der Waals surface area contributed by atoms with E-state index in [2.05, 4.69) is 51.6 Å². The van der Waals surface area contributed by atoms with Crippen LogP contribution < -0.4 is 5.73 Å². The van der Waals surface area contributed by atoms with Crippen LogP contribution in [0, 0.1) is 5.92 Å². The van der Waals surface area contributed by atoms with Crippen LogP contribution >= 0.6 is 0 Å². The molecule has 2 atom stereocenters. The summed E-state index contributed by atoms with van der Waals surface area (Å²) in [5.74, 6) is 0.692. The van der Waals surface area contributed by atoms with Crippen molar-refractivity contribution in [2.24, 2.45) is 11.7 Å². The van der Waals surface area contributed by atoms with E-state index in [1.165, 1.54) is 0 Å². The highest BCUT2D eigenvalue weighted by Crippen LogP contribution is 2.07. The van der Waals surface area contributed by atoms with Gasteiger partial charge in [-0.1, -0.05) is 20.8 Å². The van der Waals surface area contributed by atoms with E-state index in [9.17, 15) is 0 Å². The van der Waals surface area contributed by atoms with Crippen LogP contribution in [0.5, 0.6) is 0 Å². The zero-order valence-electron chi connectivity index (χ0n) is 12.0. The van der Waals surface area contributed by atoms with Crippen LogP contribution in [0.1, 0.15) is 34.1 Å². The van der Waals surface area contributed by atoms with Gasteiger partial charge in [0.05, 0.1) is 0 Å². The summed E-state index contributed by atoms with van der Waals surface area (Å²) in [6, 6.07) is 0.891. The zero-order chi connectivity index (χ0) is 12.7. The highest BCUT2D eigenvalue weighted by Gasteiger charge is 2.16. The van der Waals surface area contributed by atoms with Crippen molar-refractivity contribution in [1.82, 2.24) is 9.80 Å². The average molecular weight is 229 g/mol. The van der Waals surface area contributed by atoms with Gasteiger partial charge in [-0.15, -0.1) is 0 Å². The SMILES string of the molecule is CCN(CC(N)CC(C)C)C(C)CN(C)C. The molecule has 0 aliphatic heterocycles. The summed E-state index contributed by atoms with van der Waals surface area (Å²) < 4.78 is 0. The highest BCUT2D eigenvalue weighted by atomic mass is 15.2. The van der Waals surface area contributed by atoms with E-state index in [-0.39, 0.29) is 0 Å². The van der Waals surface area contributed by atoms with Crippen molar-refractivity contribution in [2.45, 2.75) is 46.2 Å². The Labute approximate surface area is 102 Å². The lowest BCUT2D eigenvalue weighted by molar-refractivity contribution is 0.167. The van der Waals surface area contributed by atoms with Crippen molar-refractivity contribution < 1.29 is 0 Å². The fourth-order valence-electron chi connectivity index (χ4n) is 2.25. The molecule has 0 aromatic heterocycles. The molecule has 0 aliphatic carbocycles. The quantitative estimate of drug-likeness (QED) is 0.687. The third-order valence-corrected chi connectivity index (χ3v) is 2.90. The van der Waals surface area contributed by atoms with E-state index in [4.69, 9.17) is 5.73 Å². The van der Waals surface area contributed by atoms with Crippen LogP contribution in [0.3, 0.4) is 0 Å². The predicted molar refractivity (Wildman–Crippen MR) is 72.7 cm³/mol. The fourth-order valence-corrected chi connectivity index (χ4v) is 2.25. The average Bonchev–Trinajstić information content (AvgIpc) is 2.11. The Kier molecular flexibility index (Phi) is 7.98. The molecule has 0 aromatic rings. The maximum Gasteiger partial charge on any atom is 0.0195 e. The predicted octanol–water partition coefficient (Wildman–Crippen LogP) is 1.63. The fraction of sp³-hybridized carbons (Fsp3) is 1.00. The van der Waals surface area contributed by atoms with E-state index in [1.807, 2.05) is 0 Å². The molecule has 0 spiro atoms. The molecule has 16 heavy (non-hydrogen) atoms. The number of nitrogens with two attached hydrogens (primary N) is 1. The molecule has 3 nitrogen and oxygen atoms in total. The van der Waals surface area contributed by atoms with Gasteiger partial charge in [-0.2, -0.15) is 0 Å². The Morgan fingerprint density at radius 2 is 1.62 bits per heavy atom. The number of nitrogens with zero attached hydrogens (tertiary/aromatic N) is 2. The summed E-state index contributed by atoms with van der Waals surface area (Å²) in [5, 5.41) is 0. The molecule has 2 unspecified atom stereocenters. The molecule has 0 heterocycles. The zero-order valence-corrected chi connectivity index (χ0v) is 12.0. The van der Waals surface area contributed by atoms with Crippen molar-refractivity contribution in [3.8, 4) is 0 Å². The van der Waals surface area contributed by atoms with E-state index >= 15 is 0 Å². The molecule has 0 aromatic carbocycles. The van der Waals surface area contributed by atoms with E-state index in [1.54, 1.807) is 0 Å². The molecule has 0 saturated heterocycles. The minimum absolute atomic E-state index is 0.310.